The third-order valence-corrected chi connectivity index (χ3v) is 4.77. The fraction of sp³-hybridized carbons (Fsp3) is 0.636. The minimum Gasteiger partial charge on any atom is -0.374 e. The molecule has 27 heavy (non-hydrogen) atoms. The summed E-state index contributed by atoms with van der Waals surface area (Å²) in [6.07, 6.45) is 2.60. The minimum atomic E-state index is -0.0875. The maximum Gasteiger partial charge on any atom is 0.220 e. The topological polar surface area (TPSA) is 58.6 Å². The van der Waals surface area contributed by atoms with Gasteiger partial charge in [0.1, 0.15) is 0 Å². The van der Waals surface area contributed by atoms with Crippen LogP contribution in [0, 0.1) is 5.92 Å². The number of benzene rings is 1. The molecule has 1 atom stereocenters. The largest absolute Gasteiger partial charge is 0.374 e. The predicted octanol–water partition coefficient (Wildman–Crippen LogP) is 3.08. The number of carbonyl (C=O) groups excluding carboxylic acids is 2. The van der Waals surface area contributed by atoms with Gasteiger partial charge in [-0.1, -0.05) is 51.5 Å². The van der Waals surface area contributed by atoms with Crippen LogP contribution in [-0.2, 0) is 16.0 Å². The van der Waals surface area contributed by atoms with Gasteiger partial charge in [0, 0.05) is 44.6 Å². The van der Waals surface area contributed by atoms with E-state index in [2.05, 4.69) is 31.0 Å². The molecule has 1 aromatic rings. The lowest BCUT2D eigenvalue weighted by molar-refractivity contribution is -0.122. The van der Waals surface area contributed by atoms with Gasteiger partial charge in [-0.15, -0.1) is 0 Å². The molecule has 0 radical (unpaired) electrons. The van der Waals surface area contributed by atoms with Gasteiger partial charge < -0.3 is 10.1 Å². The molecule has 1 amide bonds. The number of amides is 1. The first-order valence-corrected chi connectivity index (χ1v) is 10.2. The second-order valence-electron chi connectivity index (χ2n) is 7.82. The van der Waals surface area contributed by atoms with E-state index >= 15 is 0 Å². The first kappa shape index (κ1) is 21.6. The van der Waals surface area contributed by atoms with Crippen LogP contribution in [0.1, 0.15) is 56.0 Å². The molecule has 5 nitrogen and oxygen atoms in total. The zero-order valence-corrected chi connectivity index (χ0v) is 17.0. The van der Waals surface area contributed by atoms with Crippen molar-refractivity contribution in [2.24, 2.45) is 5.92 Å². The van der Waals surface area contributed by atoms with E-state index in [-0.39, 0.29) is 30.6 Å². The number of hydrogen-bond acceptors (Lipinski definition) is 4. The Morgan fingerprint density at radius 1 is 1.22 bits per heavy atom. The second-order valence-corrected chi connectivity index (χ2v) is 7.82. The van der Waals surface area contributed by atoms with Crippen LogP contribution in [0.15, 0.2) is 24.3 Å². The van der Waals surface area contributed by atoms with Crippen LogP contribution in [0.5, 0.6) is 0 Å². The SMILES string of the molecule is CCCc1ccc(C(=O)CCC(=O)NCC2CN(CC(C)C)CCO2)cc1. The summed E-state index contributed by atoms with van der Waals surface area (Å²) >= 11 is 0. The molecule has 150 valence electrons. The molecule has 1 unspecified atom stereocenters. The number of nitrogens with zero attached hydrogens (tertiary/aromatic N) is 1. The highest BCUT2D eigenvalue weighted by Crippen LogP contribution is 2.10. The zero-order chi connectivity index (χ0) is 19.6. The van der Waals surface area contributed by atoms with E-state index in [0.717, 1.165) is 32.5 Å². The molecule has 1 aliphatic heterocycles. The summed E-state index contributed by atoms with van der Waals surface area (Å²) in [6.45, 7) is 10.6. The van der Waals surface area contributed by atoms with E-state index in [9.17, 15) is 9.59 Å². The van der Waals surface area contributed by atoms with Crippen LogP contribution in [-0.4, -0.2) is 55.5 Å². The Hall–Kier alpha value is -1.72. The molecule has 0 aliphatic carbocycles. The van der Waals surface area contributed by atoms with Gasteiger partial charge >= 0.3 is 0 Å². The lowest BCUT2D eigenvalue weighted by atomic mass is 10.0. The molecule has 1 heterocycles. The second kappa shape index (κ2) is 11.2. The minimum absolute atomic E-state index is 0.0187. The summed E-state index contributed by atoms with van der Waals surface area (Å²) in [5, 5.41) is 2.92. The van der Waals surface area contributed by atoms with E-state index in [1.807, 2.05) is 24.3 Å². The number of ether oxygens (including phenoxy) is 1. The third-order valence-electron chi connectivity index (χ3n) is 4.77. The number of carbonyl (C=O) groups is 2. The van der Waals surface area contributed by atoms with Gasteiger partial charge in [0.05, 0.1) is 12.7 Å². The van der Waals surface area contributed by atoms with Crippen LogP contribution in [0.25, 0.3) is 0 Å². The van der Waals surface area contributed by atoms with Gasteiger partial charge in [-0.3, -0.25) is 14.5 Å². The molecule has 0 spiro atoms. The fourth-order valence-corrected chi connectivity index (χ4v) is 3.42. The molecule has 1 N–H and O–H groups in total. The van der Waals surface area contributed by atoms with Crippen molar-refractivity contribution in [3.63, 3.8) is 0 Å². The van der Waals surface area contributed by atoms with Gasteiger partial charge in [-0.25, -0.2) is 0 Å². The molecular weight excluding hydrogens is 340 g/mol. The number of nitrogens with one attached hydrogen (secondary N) is 1. The molecule has 1 aliphatic rings. The van der Waals surface area contributed by atoms with Crippen LogP contribution >= 0.6 is 0 Å². The smallest absolute Gasteiger partial charge is 0.220 e. The number of aryl methyl sites for hydroxylation is 1. The Labute approximate surface area is 163 Å². The Morgan fingerprint density at radius 2 is 1.96 bits per heavy atom. The Balaban J connectivity index is 1.68. The van der Waals surface area contributed by atoms with E-state index in [4.69, 9.17) is 4.74 Å². The summed E-state index contributed by atoms with van der Waals surface area (Å²) in [6, 6.07) is 7.73. The Bertz CT molecular complexity index is 598. The first-order valence-electron chi connectivity index (χ1n) is 10.2. The zero-order valence-electron chi connectivity index (χ0n) is 17.0. The van der Waals surface area contributed by atoms with Gasteiger partial charge in [0.2, 0.25) is 5.91 Å². The Morgan fingerprint density at radius 3 is 2.63 bits per heavy atom. The molecular formula is C22H34N2O3. The highest BCUT2D eigenvalue weighted by molar-refractivity contribution is 5.97. The van der Waals surface area contributed by atoms with Crippen molar-refractivity contribution >= 4 is 11.7 Å². The average Bonchev–Trinajstić information content (AvgIpc) is 2.65. The molecule has 1 fully saturated rings. The summed E-state index contributed by atoms with van der Waals surface area (Å²) in [5.41, 5.74) is 1.92. The van der Waals surface area contributed by atoms with E-state index in [1.54, 1.807) is 0 Å². The maximum absolute atomic E-state index is 12.3. The summed E-state index contributed by atoms with van der Waals surface area (Å²) < 4.78 is 5.74. The Kier molecular flexibility index (Phi) is 8.95. The quantitative estimate of drug-likeness (QED) is 0.640. The normalized spacial score (nSPS) is 17.9. The van der Waals surface area contributed by atoms with Crippen LogP contribution in [0.4, 0.5) is 0 Å². The van der Waals surface area contributed by atoms with Gasteiger partial charge in [-0.2, -0.15) is 0 Å². The number of Topliss-reactive ketones (excluding diaryl/α,β-unsaturated/α-hetero) is 1. The van der Waals surface area contributed by atoms with E-state index in [0.29, 0.717) is 24.6 Å². The van der Waals surface area contributed by atoms with E-state index in [1.165, 1.54) is 5.56 Å². The monoisotopic (exact) mass is 374 g/mol. The standard InChI is InChI=1S/C22H34N2O3/c1-4-5-18-6-8-19(9-7-18)21(25)10-11-22(26)23-14-20-16-24(12-13-27-20)15-17(2)3/h6-9,17,20H,4-5,10-16H2,1-3H3,(H,23,26). The molecule has 2 rings (SSSR count). The van der Waals surface area contributed by atoms with Gasteiger partial charge in [0.15, 0.2) is 5.78 Å². The van der Waals surface area contributed by atoms with Crippen LogP contribution in [0.3, 0.4) is 0 Å². The fourth-order valence-electron chi connectivity index (χ4n) is 3.42. The molecule has 1 saturated heterocycles. The number of morpholine rings is 1. The van der Waals surface area contributed by atoms with Crippen molar-refractivity contribution in [2.75, 3.05) is 32.8 Å². The molecule has 1 aromatic carbocycles. The highest BCUT2D eigenvalue weighted by atomic mass is 16.5. The first-order chi connectivity index (χ1) is 13.0. The predicted molar refractivity (Wildman–Crippen MR) is 108 cm³/mol. The van der Waals surface area contributed by atoms with Crippen molar-refractivity contribution in [1.82, 2.24) is 10.2 Å². The molecule has 5 heteroatoms. The number of rotatable bonds is 10. The maximum atomic E-state index is 12.3. The molecule has 0 saturated carbocycles. The van der Waals surface area contributed by atoms with Crippen molar-refractivity contribution in [2.45, 2.75) is 52.6 Å². The summed E-state index contributed by atoms with van der Waals surface area (Å²) in [5.74, 6) is 0.557. The average molecular weight is 375 g/mol. The van der Waals surface area contributed by atoms with Crippen molar-refractivity contribution in [1.29, 1.82) is 0 Å². The lowest BCUT2D eigenvalue weighted by Gasteiger charge is -2.33. The van der Waals surface area contributed by atoms with E-state index < -0.39 is 0 Å². The van der Waals surface area contributed by atoms with Gasteiger partial charge in [-0.05, 0) is 17.9 Å². The van der Waals surface area contributed by atoms with Crippen molar-refractivity contribution < 1.29 is 14.3 Å². The van der Waals surface area contributed by atoms with Gasteiger partial charge in [0.25, 0.3) is 0 Å². The summed E-state index contributed by atoms with van der Waals surface area (Å²) in [7, 11) is 0. The lowest BCUT2D eigenvalue weighted by Crippen LogP contribution is -2.48. The van der Waals surface area contributed by atoms with Crippen molar-refractivity contribution in [3.05, 3.63) is 35.4 Å². The third kappa shape index (κ3) is 7.81. The summed E-state index contributed by atoms with van der Waals surface area (Å²) in [4.78, 5) is 26.7. The molecule has 0 bridgehead atoms. The molecule has 0 aromatic heterocycles. The van der Waals surface area contributed by atoms with Crippen molar-refractivity contribution in [3.8, 4) is 0 Å². The van der Waals surface area contributed by atoms with Crippen LogP contribution in [0.2, 0.25) is 0 Å². The highest BCUT2D eigenvalue weighted by Gasteiger charge is 2.21. The number of hydrogen-bond donors (Lipinski definition) is 1. The van der Waals surface area contributed by atoms with Crippen LogP contribution < -0.4 is 5.32 Å². The number of ketones is 1.